The van der Waals surface area contributed by atoms with E-state index < -0.39 is 9.84 Å². The van der Waals surface area contributed by atoms with Crippen LogP contribution in [0.25, 0.3) is 0 Å². The summed E-state index contributed by atoms with van der Waals surface area (Å²) in [6.07, 6.45) is 0.800. The van der Waals surface area contributed by atoms with E-state index in [4.69, 9.17) is 4.42 Å². The quantitative estimate of drug-likeness (QED) is 0.825. The molecule has 2 rings (SSSR count). The maximum Gasteiger partial charge on any atom is 0.212 e. The van der Waals surface area contributed by atoms with E-state index in [0.717, 1.165) is 17.9 Å². The number of rotatable bonds is 2. The number of hydrogen-bond donors (Lipinski definition) is 1. The Morgan fingerprint density at radius 3 is 2.88 bits per heavy atom. The molecule has 90 valence electrons. The first-order chi connectivity index (χ1) is 7.52. The molecule has 0 spiro atoms. The number of aryl methyl sites for hydroxylation is 2. The lowest BCUT2D eigenvalue weighted by Crippen LogP contribution is -2.39. The van der Waals surface area contributed by atoms with Crippen LogP contribution in [0.4, 0.5) is 0 Å². The van der Waals surface area contributed by atoms with Gasteiger partial charge in [0.2, 0.25) is 5.89 Å². The summed E-state index contributed by atoms with van der Waals surface area (Å²) >= 11 is 0. The van der Waals surface area contributed by atoms with Crippen LogP contribution in [0.5, 0.6) is 0 Å². The van der Waals surface area contributed by atoms with Crippen molar-refractivity contribution in [2.24, 2.45) is 0 Å². The molecule has 0 aromatic carbocycles. The van der Waals surface area contributed by atoms with E-state index in [1.165, 1.54) is 0 Å². The minimum atomic E-state index is -2.95. The van der Waals surface area contributed by atoms with Crippen LogP contribution in [0.3, 0.4) is 0 Å². The van der Waals surface area contributed by atoms with Crippen molar-refractivity contribution in [3.63, 3.8) is 0 Å². The summed E-state index contributed by atoms with van der Waals surface area (Å²) in [6, 6.07) is -0.294. The number of nitrogens with one attached hydrogen (secondary N) is 1. The zero-order chi connectivity index (χ0) is 11.8. The molecule has 1 aliphatic heterocycles. The van der Waals surface area contributed by atoms with Crippen molar-refractivity contribution in [3.8, 4) is 0 Å². The monoisotopic (exact) mass is 244 g/mol. The van der Waals surface area contributed by atoms with Crippen LogP contribution in [0.15, 0.2) is 4.42 Å². The van der Waals surface area contributed by atoms with E-state index in [1.54, 1.807) is 0 Å². The topological polar surface area (TPSA) is 72.2 Å². The van der Waals surface area contributed by atoms with E-state index in [0.29, 0.717) is 12.4 Å². The Morgan fingerprint density at radius 1 is 1.56 bits per heavy atom. The molecule has 2 heterocycles. The van der Waals surface area contributed by atoms with Crippen molar-refractivity contribution in [1.82, 2.24) is 10.3 Å². The van der Waals surface area contributed by atoms with E-state index in [2.05, 4.69) is 10.3 Å². The molecule has 1 N–H and O–H groups in total. The average molecular weight is 244 g/mol. The largest absolute Gasteiger partial charge is 0.444 e. The molecule has 1 saturated heterocycles. The first-order valence-corrected chi connectivity index (χ1v) is 7.24. The van der Waals surface area contributed by atoms with Gasteiger partial charge in [0, 0.05) is 6.54 Å². The Bertz CT molecular complexity index is 478. The molecular formula is C10H16N2O3S. The molecule has 6 heteroatoms. The highest BCUT2D eigenvalue weighted by Crippen LogP contribution is 2.20. The van der Waals surface area contributed by atoms with Gasteiger partial charge < -0.3 is 9.73 Å². The summed E-state index contributed by atoms with van der Waals surface area (Å²) in [5.41, 5.74) is 0.903. The van der Waals surface area contributed by atoms with E-state index >= 15 is 0 Å². The summed E-state index contributed by atoms with van der Waals surface area (Å²) in [5.74, 6) is 1.56. The fourth-order valence-corrected chi connectivity index (χ4v) is 3.23. The van der Waals surface area contributed by atoms with Crippen LogP contribution in [-0.2, 0) is 16.3 Å². The SMILES string of the molecule is CCc1nc(C2CS(=O)(=O)CCN2)oc1C. The molecule has 16 heavy (non-hydrogen) atoms. The standard InChI is InChI=1S/C10H16N2O3S/c1-3-8-7(2)15-10(12-8)9-6-16(13,14)5-4-11-9/h9,11H,3-6H2,1-2H3. The third kappa shape index (κ3) is 2.27. The highest BCUT2D eigenvalue weighted by molar-refractivity contribution is 7.91. The van der Waals surface area contributed by atoms with Gasteiger partial charge in [-0.1, -0.05) is 6.92 Å². The normalized spacial score (nSPS) is 24.5. The van der Waals surface area contributed by atoms with E-state index in [-0.39, 0.29) is 17.5 Å². The highest BCUT2D eigenvalue weighted by Gasteiger charge is 2.29. The molecule has 1 unspecified atom stereocenters. The molecule has 1 fully saturated rings. The van der Waals surface area contributed by atoms with Crippen LogP contribution >= 0.6 is 0 Å². The molecule has 0 amide bonds. The van der Waals surface area contributed by atoms with Gasteiger partial charge in [0.1, 0.15) is 5.76 Å². The van der Waals surface area contributed by atoms with Gasteiger partial charge in [-0.25, -0.2) is 13.4 Å². The van der Waals surface area contributed by atoms with Crippen molar-refractivity contribution < 1.29 is 12.8 Å². The summed E-state index contributed by atoms with van der Waals surface area (Å²) in [7, 11) is -2.95. The summed E-state index contributed by atoms with van der Waals surface area (Å²) < 4.78 is 28.5. The van der Waals surface area contributed by atoms with Gasteiger partial charge in [0.05, 0.1) is 23.2 Å². The molecule has 0 aliphatic carbocycles. The van der Waals surface area contributed by atoms with Gasteiger partial charge in [0.25, 0.3) is 0 Å². The van der Waals surface area contributed by atoms with Crippen molar-refractivity contribution in [3.05, 3.63) is 17.3 Å². The lowest BCUT2D eigenvalue weighted by molar-refractivity contribution is 0.400. The van der Waals surface area contributed by atoms with Crippen LogP contribution < -0.4 is 5.32 Å². The number of hydrogen-bond acceptors (Lipinski definition) is 5. The van der Waals surface area contributed by atoms with Gasteiger partial charge in [-0.2, -0.15) is 0 Å². The maximum absolute atomic E-state index is 11.5. The lowest BCUT2D eigenvalue weighted by atomic mass is 10.3. The van der Waals surface area contributed by atoms with Crippen LogP contribution in [0, 0.1) is 6.92 Å². The fraction of sp³-hybridized carbons (Fsp3) is 0.700. The molecule has 0 bridgehead atoms. The number of aromatic nitrogens is 1. The predicted molar refractivity (Wildman–Crippen MR) is 60.0 cm³/mol. The molecule has 0 saturated carbocycles. The molecule has 1 aliphatic rings. The smallest absolute Gasteiger partial charge is 0.212 e. The molecule has 1 atom stereocenters. The van der Waals surface area contributed by atoms with Crippen LogP contribution in [0.1, 0.15) is 30.3 Å². The zero-order valence-corrected chi connectivity index (χ0v) is 10.3. The van der Waals surface area contributed by atoms with Crippen molar-refractivity contribution in [2.45, 2.75) is 26.3 Å². The van der Waals surface area contributed by atoms with E-state index in [1.807, 2.05) is 13.8 Å². The van der Waals surface area contributed by atoms with E-state index in [9.17, 15) is 8.42 Å². The van der Waals surface area contributed by atoms with Gasteiger partial charge in [0.15, 0.2) is 9.84 Å². The molecule has 1 aromatic rings. The number of nitrogens with zero attached hydrogens (tertiary/aromatic N) is 1. The third-order valence-electron chi connectivity index (χ3n) is 2.77. The highest BCUT2D eigenvalue weighted by atomic mass is 32.2. The Morgan fingerprint density at radius 2 is 2.31 bits per heavy atom. The first-order valence-electron chi connectivity index (χ1n) is 5.42. The Hall–Kier alpha value is -0.880. The van der Waals surface area contributed by atoms with Crippen molar-refractivity contribution in [2.75, 3.05) is 18.1 Å². The predicted octanol–water partition coefficient (Wildman–Crippen LogP) is 0.605. The second kappa shape index (κ2) is 4.18. The molecule has 5 nitrogen and oxygen atoms in total. The van der Waals surface area contributed by atoms with Crippen molar-refractivity contribution >= 4 is 9.84 Å². The van der Waals surface area contributed by atoms with Gasteiger partial charge in [-0.05, 0) is 13.3 Å². The minimum Gasteiger partial charge on any atom is -0.444 e. The van der Waals surface area contributed by atoms with Gasteiger partial charge in [-0.15, -0.1) is 0 Å². The second-order valence-corrected chi connectivity index (χ2v) is 6.26. The number of oxazole rings is 1. The average Bonchev–Trinajstić information content (AvgIpc) is 2.58. The summed E-state index contributed by atoms with van der Waals surface area (Å²) in [5, 5.41) is 3.12. The second-order valence-electron chi connectivity index (χ2n) is 4.03. The van der Waals surface area contributed by atoms with Gasteiger partial charge >= 0.3 is 0 Å². The van der Waals surface area contributed by atoms with Crippen molar-refractivity contribution in [1.29, 1.82) is 0 Å². The number of sulfone groups is 1. The summed E-state index contributed by atoms with van der Waals surface area (Å²) in [4.78, 5) is 4.32. The Labute approximate surface area is 95.2 Å². The van der Waals surface area contributed by atoms with Crippen LogP contribution in [-0.4, -0.2) is 31.5 Å². The first kappa shape index (κ1) is 11.6. The lowest BCUT2D eigenvalue weighted by Gasteiger charge is -2.20. The molecule has 1 aromatic heterocycles. The van der Waals surface area contributed by atoms with Gasteiger partial charge in [-0.3, -0.25) is 0 Å². The third-order valence-corrected chi connectivity index (χ3v) is 4.43. The molecule has 0 radical (unpaired) electrons. The Kier molecular flexibility index (Phi) is 3.03. The minimum absolute atomic E-state index is 0.0795. The Balaban J connectivity index is 2.23. The maximum atomic E-state index is 11.5. The fourth-order valence-electron chi connectivity index (χ4n) is 1.87. The zero-order valence-electron chi connectivity index (χ0n) is 9.49. The van der Waals surface area contributed by atoms with Crippen LogP contribution in [0.2, 0.25) is 0 Å². The molecular weight excluding hydrogens is 228 g/mol. The summed E-state index contributed by atoms with van der Waals surface area (Å²) in [6.45, 7) is 4.32.